The Labute approximate surface area is 189 Å². The van der Waals surface area contributed by atoms with Gasteiger partial charge >= 0.3 is 0 Å². The summed E-state index contributed by atoms with van der Waals surface area (Å²) in [6.07, 6.45) is 3.77. The van der Waals surface area contributed by atoms with Gasteiger partial charge in [-0.05, 0) is 36.6 Å². The van der Waals surface area contributed by atoms with E-state index in [0.717, 1.165) is 25.2 Å². The van der Waals surface area contributed by atoms with E-state index in [0.29, 0.717) is 40.6 Å². The van der Waals surface area contributed by atoms with E-state index in [-0.39, 0.29) is 11.6 Å². The fourth-order valence-corrected chi connectivity index (χ4v) is 4.19. The number of benzene rings is 2. The lowest BCUT2D eigenvalue weighted by molar-refractivity contribution is 0.102. The van der Waals surface area contributed by atoms with Crippen molar-refractivity contribution in [3.8, 4) is 11.1 Å². The number of piperidine rings is 1. The van der Waals surface area contributed by atoms with Crippen LogP contribution in [0.25, 0.3) is 22.0 Å². The van der Waals surface area contributed by atoms with Crippen molar-refractivity contribution in [1.82, 2.24) is 24.9 Å². The van der Waals surface area contributed by atoms with Gasteiger partial charge in [0, 0.05) is 61.1 Å². The minimum Gasteiger partial charge on any atom is -0.321 e. The molecule has 0 unspecified atom stereocenters. The van der Waals surface area contributed by atoms with Crippen molar-refractivity contribution in [2.24, 2.45) is 7.05 Å². The van der Waals surface area contributed by atoms with Gasteiger partial charge in [-0.3, -0.25) is 19.5 Å². The van der Waals surface area contributed by atoms with Crippen LogP contribution in [-0.4, -0.2) is 50.0 Å². The van der Waals surface area contributed by atoms with Crippen LogP contribution in [-0.2, 0) is 13.6 Å². The minimum atomic E-state index is -0.686. The van der Waals surface area contributed by atoms with Crippen LogP contribution in [0.4, 0.5) is 14.5 Å². The number of hydrogen-bond donors (Lipinski definition) is 2. The lowest BCUT2D eigenvalue weighted by Crippen LogP contribution is -2.33. The van der Waals surface area contributed by atoms with Crippen LogP contribution in [0.3, 0.4) is 0 Å². The predicted octanol–water partition coefficient (Wildman–Crippen LogP) is 4.29. The Morgan fingerprint density at radius 3 is 2.67 bits per heavy atom. The summed E-state index contributed by atoms with van der Waals surface area (Å²) < 4.78 is 29.5. The van der Waals surface area contributed by atoms with E-state index in [4.69, 9.17) is 0 Å². The molecule has 1 amide bonds. The van der Waals surface area contributed by atoms with E-state index >= 15 is 0 Å². The first kappa shape index (κ1) is 21.3. The van der Waals surface area contributed by atoms with Crippen molar-refractivity contribution in [1.29, 1.82) is 0 Å². The van der Waals surface area contributed by atoms with Crippen molar-refractivity contribution in [3.63, 3.8) is 0 Å². The second-order valence-electron chi connectivity index (χ2n) is 8.45. The van der Waals surface area contributed by atoms with E-state index in [2.05, 4.69) is 25.5 Å². The van der Waals surface area contributed by atoms with E-state index in [1.165, 1.54) is 6.07 Å². The summed E-state index contributed by atoms with van der Waals surface area (Å²) in [5.74, 6) is -0.805. The molecule has 33 heavy (non-hydrogen) atoms. The number of likely N-dealkylation sites (tertiary alicyclic amines) is 1. The minimum absolute atomic E-state index is 0.188. The molecule has 7 nitrogen and oxygen atoms in total. The number of carbonyl (C=O) groups is 1. The standard InChI is InChI=1S/C24H24F2N6O/c1-31-14-16(12-27-31)19-10-20-22(11-21(19)26)29-30-23(20)24(33)28-18-4-2-15(3-5-18)13-32-8-6-17(25)7-9-32/h2-5,10-12,14,17H,6-9,13H2,1H3,(H,28,33)(H,29,30). The predicted molar refractivity (Wildman–Crippen MR) is 122 cm³/mol. The summed E-state index contributed by atoms with van der Waals surface area (Å²) in [7, 11) is 1.76. The second-order valence-corrected chi connectivity index (χ2v) is 8.45. The number of halogens is 2. The average Bonchev–Trinajstić information content (AvgIpc) is 3.42. The number of carbonyl (C=O) groups excluding carboxylic acids is 1. The summed E-state index contributed by atoms with van der Waals surface area (Å²) in [4.78, 5) is 15.1. The molecule has 2 aromatic heterocycles. The molecule has 2 N–H and O–H groups in total. The molecule has 1 aliphatic heterocycles. The van der Waals surface area contributed by atoms with Crippen LogP contribution in [0.1, 0.15) is 28.9 Å². The molecular weight excluding hydrogens is 426 g/mol. The first-order chi connectivity index (χ1) is 16.0. The number of H-pyrrole nitrogens is 1. The van der Waals surface area contributed by atoms with Crippen molar-refractivity contribution >= 4 is 22.5 Å². The van der Waals surface area contributed by atoms with Gasteiger partial charge in [-0.15, -0.1) is 0 Å². The van der Waals surface area contributed by atoms with Crippen molar-refractivity contribution < 1.29 is 13.6 Å². The van der Waals surface area contributed by atoms with Gasteiger partial charge < -0.3 is 5.32 Å². The number of aromatic nitrogens is 4. The normalized spacial score (nSPS) is 15.2. The lowest BCUT2D eigenvalue weighted by atomic mass is 10.0. The summed E-state index contributed by atoms with van der Waals surface area (Å²) in [5, 5.41) is 14.3. The Hall–Kier alpha value is -3.59. The molecule has 1 aliphatic rings. The number of nitrogens with zero attached hydrogens (tertiary/aromatic N) is 4. The monoisotopic (exact) mass is 450 g/mol. The third-order valence-electron chi connectivity index (χ3n) is 6.02. The molecule has 170 valence electrons. The quantitative estimate of drug-likeness (QED) is 0.476. The topological polar surface area (TPSA) is 78.8 Å². The third-order valence-corrected chi connectivity index (χ3v) is 6.02. The van der Waals surface area contributed by atoms with E-state index in [9.17, 15) is 13.6 Å². The fourth-order valence-electron chi connectivity index (χ4n) is 4.19. The zero-order chi connectivity index (χ0) is 22.9. The molecule has 1 saturated heterocycles. The van der Waals surface area contributed by atoms with Gasteiger partial charge in [-0.2, -0.15) is 10.2 Å². The molecule has 0 aliphatic carbocycles. The summed E-state index contributed by atoms with van der Waals surface area (Å²) in [5.41, 5.74) is 3.35. The summed E-state index contributed by atoms with van der Waals surface area (Å²) in [6, 6.07) is 10.5. The van der Waals surface area contributed by atoms with Gasteiger partial charge in [0.1, 0.15) is 12.0 Å². The summed E-state index contributed by atoms with van der Waals surface area (Å²) in [6.45, 7) is 2.27. The van der Waals surface area contributed by atoms with Gasteiger partial charge in [-0.1, -0.05) is 12.1 Å². The zero-order valence-electron chi connectivity index (χ0n) is 18.2. The Kier molecular flexibility index (Phi) is 5.63. The Morgan fingerprint density at radius 2 is 1.97 bits per heavy atom. The molecule has 1 fully saturated rings. The zero-order valence-corrected chi connectivity index (χ0v) is 18.2. The number of alkyl halides is 1. The van der Waals surface area contributed by atoms with Crippen LogP contribution in [0.15, 0.2) is 48.8 Å². The van der Waals surface area contributed by atoms with Crippen molar-refractivity contribution in [2.75, 3.05) is 18.4 Å². The molecule has 0 atom stereocenters. The highest BCUT2D eigenvalue weighted by Gasteiger charge is 2.20. The van der Waals surface area contributed by atoms with Crippen LogP contribution < -0.4 is 5.32 Å². The average molecular weight is 450 g/mol. The maximum absolute atomic E-state index is 14.6. The maximum Gasteiger partial charge on any atom is 0.276 e. The third kappa shape index (κ3) is 4.49. The van der Waals surface area contributed by atoms with E-state index in [1.54, 1.807) is 30.2 Å². The van der Waals surface area contributed by atoms with E-state index < -0.39 is 12.0 Å². The molecule has 0 saturated carbocycles. The number of anilines is 1. The number of hydrogen-bond acceptors (Lipinski definition) is 4. The van der Waals surface area contributed by atoms with Crippen LogP contribution in [0.5, 0.6) is 0 Å². The smallest absolute Gasteiger partial charge is 0.276 e. The highest BCUT2D eigenvalue weighted by atomic mass is 19.1. The Balaban J connectivity index is 1.32. The molecule has 0 radical (unpaired) electrons. The van der Waals surface area contributed by atoms with Gasteiger partial charge in [0.25, 0.3) is 5.91 Å². The first-order valence-electron chi connectivity index (χ1n) is 10.9. The van der Waals surface area contributed by atoms with Crippen LogP contribution in [0, 0.1) is 5.82 Å². The van der Waals surface area contributed by atoms with Gasteiger partial charge in [0.05, 0.1) is 11.7 Å². The summed E-state index contributed by atoms with van der Waals surface area (Å²) >= 11 is 0. The number of nitrogens with one attached hydrogen (secondary N) is 2. The van der Waals surface area contributed by atoms with Crippen LogP contribution >= 0.6 is 0 Å². The largest absolute Gasteiger partial charge is 0.321 e. The second kappa shape index (κ2) is 8.74. The van der Waals surface area contributed by atoms with Crippen LogP contribution in [0.2, 0.25) is 0 Å². The highest BCUT2D eigenvalue weighted by molar-refractivity contribution is 6.11. The number of aryl methyl sites for hydroxylation is 1. The number of rotatable bonds is 5. The van der Waals surface area contributed by atoms with Gasteiger partial charge in [0.2, 0.25) is 0 Å². The lowest BCUT2D eigenvalue weighted by Gasteiger charge is -2.28. The molecular formula is C24H24F2N6O. The molecule has 2 aromatic carbocycles. The SMILES string of the molecule is Cn1cc(-c2cc3c(C(=O)Nc4ccc(CN5CCC(F)CC5)cc4)n[nH]c3cc2F)cn1. The molecule has 5 rings (SSSR count). The number of aromatic amines is 1. The molecule has 0 spiro atoms. The van der Waals surface area contributed by atoms with E-state index in [1.807, 2.05) is 24.3 Å². The molecule has 9 heteroatoms. The maximum atomic E-state index is 14.6. The molecule has 4 aromatic rings. The Morgan fingerprint density at radius 1 is 1.21 bits per heavy atom. The molecule has 3 heterocycles. The first-order valence-corrected chi connectivity index (χ1v) is 10.9. The van der Waals surface area contributed by atoms with Crippen molar-refractivity contribution in [3.05, 3.63) is 65.9 Å². The Bertz CT molecular complexity index is 1290. The fraction of sp³-hybridized carbons (Fsp3) is 0.292. The number of fused-ring (bicyclic) bond motifs is 1. The van der Waals surface area contributed by atoms with Gasteiger partial charge in [-0.25, -0.2) is 8.78 Å². The highest BCUT2D eigenvalue weighted by Crippen LogP contribution is 2.28. The number of amides is 1. The van der Waals surface area contributed by atoms with Crippen molar-refractivity contribution in [2.45, 2.75) is 25.6 Å². The molecule has 0 bridgehead atoms. The van der Waals surface area contributed by atoms with Gasteiger partial charge in [0.15, 0.2) is 5.69 Å².